The molecule has 1 saturated carbocycles. The van der Waals surface area contributed by atoms with Crippen molar-refractivity contribution in [3.05, 3.63) is 74.0 Å². The molecule has 4 aromatic rings. The molecule has 1 N–H and O–H groups in total. The Morgan fingerprint density at radius 2 is 2.03 bits per heavy atom. The fourth-order valence-electron chi connectivity index (χ4n) is 5.17. The SMILES string of the molecule is CCc1ccc2[nH]c(=O)c(CN(Cc3cccs3)[C@@H](CC)c3nnnn3C3CCCC3)cc2c1. The smallest absolute Gasteiger partial charge is 0.252 e. The molecule has 3 heterocycles. The summed E-state index contributed by atoms with van der Waals surface area (Å²) in [5.41, 5.74) is 2.89. The molecule has 1 atom stereocenters. The third-order valence-electron chi connectivity index (χ3n) is 7.02. The van der Waals surface area contributed by atoms with E-state index >= 15 is 0 Å². The number of aromatic nitrogens is 5. The molecule has 1 aliphatic rings. The van der Waals surface area contributed by atoms with Crippen LogP contribution in [-0.4, -0.2) is 30.1 Å². The van der Waals surface area contributed by atoms with Gasteiger partial charge in [0.2, 0.25) is 0 Å². The molecular formula is C26H32N6OS. The highest BCUT2D eigenvalue weighted by Gasteiger charge is 2.29. The Labute approximate surface area is 203 Å². The Morgan fingerprint density at radius 1 is 1.18 bits per heavy atom. The maximum atomic E-state index is 13.1. The van der Waals surface area contributed by atoms with E-state index in [9.17, 15) is 4.79 Å². The molecule has 1 fully saturated rings. The van der Waals surface area contributed by atoms with E-state index in [4.69, 9.17) is 0 Å². The number of hydrogen-bond acceptors (Lipinski definition) is 6. The van der Waals surface area contributed by atoms with Crippen LogP contribution in [0.1, 0.15) is 79.9 Å². The number of aromatic amines is 1. The normalized spacial score (nSPS) is 15.5. The number of tetrazole rings is 1. The van der Waals surface area contributed by atoms with Crippen LogP contribution in [0, 0.1) is 0 Å². The molecule has 8 heteroatoms. The van der Waals surface area contributed by atoms with E-state index in [1.807, 2.05) is 6.07 Å². The van der Waals surface area contributed by atoms with Crippen LogP contribution in [0.4, 0.5) is 0 Å². The summed E-state index contributed by atoms with van der Waals surface area (Å²) in [6.07, 6.45) is 6.55. The summed E-state index contributed by atoms with van der Waals surface area (Å²) in [7, 11) is 0. The second-order valence-electron chi connectivity index (χ2n) is 9.23. The number of H-pyrrole nitrogens is 1. The van der Waals surface area contributed by atoms with Crippen molar-refractivity contribution in [1.82, 2.24) is 30.1 Å². The third-order valence-corrected chi connectivity index (χ3v) is 7.88. The molecule has 0 saturated heterocycles. The van der Waals surface area contributed by atoms with Gasteiger partial charge in [0.25, 0.3) is 5.56 Å². The number of hydrogen-bond donors (Lipinski definition) is 1. The van der Waals surface area contributed by atoms with Crippen LogP contribution in [-0.2, 0) is 19.5 Å². The molecular weight excluding hydrogens is 444 g/mol. The minimum atomic E-state index is -0.0295. The van der Waals surface area contributed by atoms with Gasteiger partial charge in [0, 0.05) is 29.0 Å². The number of aryl methyl sites for hydroxylation is 1. The molecule has 178 valence electrons. The minimum absolute atomic E-state index is 0.0229. The van der Waals surface area contributed by atoms with Gasteiger partial charge in [-0.05, 0) is 76.7 Å². The summed E-state index contributed by atoms with van der Waals surface area (Å²) in [6, 6.07) is 13.0. The number of nitrogens with zero attached hydrogens (tertiary/aromatic N) is 5. The summed E-state index contributed by atoms with van der Waals surface area (Å²) in [4.78, 5) is 19.8. The predicted molar refractivity (Wildman–Crippen MR) is 136 cm³/mol. The van der Waals surface area contributed by atoms with Gasteiger partial charge < -0.3 is 4.98 Å². The van der Waals surface area contributed by atoms with Crippen LogP contribution >= 0.6 is 11.3 Å². The molecule has 0 bridgehead atoms. The lowest BCUT2D eigenvalue weighted by Crippen LogP contribution is -2.32. The van der Waals surface area contributed by atoms with Gasteiger partial charge in [-0.1, -0.05) is 38.8 Å². The van der Waals surface area contributed by atoms with Gasteiger partial charge in [0.1, 0.15) is 0 Å². The fourth-order valence-corrected chi connectivity index (χ4v) is 5.90. The Hall–Kier alpha value is -2.84. The molecule has 0 amide bonds. The monoisotopic (exact) mass is 476 g/mol. The lowest BCUT2D eigenvalue weighted by atomic mass is 10.1. The van der Waals surface area contributed by atoms with Crippen molar-refractivity contribution in [3.8, 4) is 0 Å². The standard InChI is InChI=1S/C26H32N6OS/c1-3-18-11-12-23-19(14-18)15-20(26(33)27-23)16-31(17-22-10-7-13-34-22)24(4-2)25-28-29-30-32(25)21-8-5-6-9-21/h7,10-15,21,24H,3-6,8-9,16-17H2,1-2H3,(H,27,33)/t24-/m0/s1. The first-order chi connectivity index (χ1) is 16.7. The van der Waals surface area contributed by atoms with Crippen LogP contribution in [0.2, 0.25) is 0 Å². The molecule has 1 aliphatic carbocycles. The average molecular weight is 477 g/mol. The van der Waals surface area contributed by atoms with Crippen LogP contribution in [0.15, 0.2) is 46.6 Å². The zero-order valence-electron chi connectivity index (χ0n) is 19.9. The van der Waals surface area contributed by atoms with Gasteiger partial charge in [-0.25, -0.2) is 4.68 Å². The van der Waals surface area contributed by atoms with E-state index in [2.05, 4.69) is 79.7 Å². The van der Waals surface area contributed by atoms with Gasteiger partial charge >= 0.3 is 0 Å². The number of fused-ring (bicyclic) bond motifs is 1. The Balaban J connectivity index is 1.52. The van der Waals surface area contributed by atoms with Gasteiger partial charge in [-0.2, -0.15) is 0 Å². The lowest BCUT2D eigenvalue weighted by Gasteiger charge is -2.30. The Morgan fingerprint density at radius 3 is 2.76 bits per heavy atom. The quantitative estimate of drug-likeness (QED) is 0.349. The van der Waals surface area contributed by atoms with E-state index in [1.165, 1.54) is 23.3 Å². The van der Waals surface area contributed by atoms with Crippen molar-refractivity contribution in [1.29, 1.82) is 0 Å². The second kappa shape index (κ2) is 10.2. The van der Waals surface area contributed by atoms with Crippen molar-refractivity contribution < 1.29 is 0 Å². The van der Waals surface area contributed by atoms with Gasteiger partial charge in [0.15, 0.2) is 5.82 Å². The molecule has 0 unspecified atom stereocenters. The zero-order valence-corrected chi connectivity index (χ0v) is 20.7. The first-order valence-electron chi connectivity index (χ1n) is 12.3. The molecule has 7 nitrogen and oxygen atoms in total. The highest BCUT2D eigenvalue weighted by atomic mass is 32.1. The Bertz CT molecular complexity index is 1290. The largest absolute Gasteiger partial charge is 0.322 e. The van der Waals surface area contributed by atoms with Gasteiger partial charge in [-0.3, -0.25) is 9.69 Å². The van der Waals surface area contributed by atoms with Crippen LogP contribution < -0.4 is 5.56 Å². The summed E-state index contributed by atoms with van der Waals surface area (Å²) in [6.45, 7) is 5.62. The first kappa shape index (κ1) is 22.9. The zero-order chi connectivity index (χ0) is 23.5. The predicted octanol–water partition coefficient (Wildman–Crippen LogP) is 5.41. The molecule has 1 aromatic carbocycles. The molecule has 0 radical (unpaired) electrons. The van der Waals surface area contributed by atoms with E-state index in [-0.39, 0.29) is 11.6 Å². The van der Waals surface area contributed by atoms with E-state index in [0.29, 0.717) is 12.6 Å². The maximum Gasteiger partial charge on any atom is 0.252 e. The lowest BCUT2D eigenvalue weighted by molar-refractivity contribution is 0.159. The average Bonchev–Trinajstić information content (AvgIpc) is 3.62. The van der Waals surface area contributed by atoms with Crippen molar-refractivity contribution in [2.24, 2.45) is 0 Å². The summed E-state index contributed by atoms with van der Waals surface area (Å²) in [5.74, 6) is 0.913. The third kappa shape index (κ3) is 4.70. The van der Waals surface area contributed by atoms with Crippen LogP contribution in [0.5, 0.6) is 0 Å². The van der Waals surface area contributed by atoms with E-state index in [1.54, 1.807) is 11.3 Å². The molecule has 3 aromatic heterocycles. The molecule has 34 heavy (non-hydrogen) atoms. The second-order valence-corrected chi connectivity index (χ2v) is 10.3. The van der Waals surface area contributed by atoms with Crippen molar-refractivity contribution in [2.45, 2.75) is 77.5 Å². The topological polar surface area (TPSA) is 79.7 Å². The van der Waals surface area contributed by atoms with Gasteiger partial charge in [0.05, 0.1) is 12.1 Å². The molecule has 5 rings (SSSR count). The van der Waals surface area contributed by atoms with E-state index in [0.717, 1.165) is 54.5 Å². The minimum Gasteiger partial charge on any atom is -0.322 e. The van der Waals surface area contributed by atoms with Crippen LogP contribution in [0.3, 0.4) is 0 Å². The Kier molecular flexibility index (Phi) is 6.87. The summed E-state index contributed by atoms with van der Waals surface area (Å²) < 4.78 is 2.06. The number of thiophene rings is 1. The van der Waals surface area contributed by atoms with Gasteiger partial charge in [-0.15, -0.1) is 16.4 Å². The number of pyridine rings is 1. The number of rotatable bonds is 9. The van der Waals surface area contributed by atoms with Crippen molar-refractivity contribution >= 4 is 22.2 Å². The number of nitrogens with one attached hydrogen (secondary N) is 1. The van der Waals surface area contributed by atoms with Crippen molar-refractivity contribution in [2.75, 3.05) is 0 Å². The highest BCUT2D eigenvalue weighted by Crippen LogP contribution is 2.33. The summed E-state index contributed by atoms with van der Waals surface area (Å²) >= 11 is 1.74. The maximum absolute atomic E-state index is 13.1. The highest BCUT2D eigenvalue weighted by molar-refractivity contribution is 7.09. The van der Waals surface area contributed by atoms with Crippen molar-refractivity contribution in [3.63, 3.8) is 0 Å². The molecule has 0 aliphatic heterocycles. The van der Waals surface area contributed by atoms with Crippen LogP contribution in [0.25, 0.3) is 10.9 Å². The molecule has 0 spiro atoms. The fraction of sp³-hybridized carbons (Fsp3) is 0.462. The summed E-state index contributed by atoms with van der Waals surface area (Å²) in [5, 5.41) is 16.1. The van der Waals surface area contributed by atoms with E-state index < -0.39 is 0 Å². The number of benzene rings is 1. The first-order valence-corrected chi connectivity index (χ1v) is 13.2.